The van der Waals surface area contributed by atoms with Crippen LogP contribution in [0.1, 0.15) is 28.7 Å². The molecule has 304 valence electrons. The molecule has 0 aliphatic carbocycles. The number of nitrogens with zero attached hydrogens (tertiary/aromatic N) is 6. The Kier molecular flexibility index (Phi) is 12.6. The molecule has 4 aromatic carbocycles. The van der Waals surface area contributed by atoms with Crippen molar-refractivity contribution in [2.24, 2.45) is 0 Å². The molecule has 0 saturated carbocycles. The number of carbonyl (C=O) groups is 1. The van der Waals surface area contributed by atoms with E-state index in [4.69, 9.17) is 11.6 Å². The van der Waals surface area contributed by atoms with Gasteiger partial charge < -0.3 is 20.0 Å². The van der Waals surface area contributed by atoms with Gasteiger partial charge in [-0.05, 0) is 102 Å². The van der Waals surface area contributed by atoms with E-state index in [-0.39, 0.29) is 5.91 Å². The Balaban J connectivity index is 0.000000162. The maximum absolute atomic E-state index is 12.7. The van der Waals surface area contributed by atoms with Gasteiger partial charge in [0.1, 0.15) is 5.82 Å². The van der Waals surface area contributed by atoms with Gasteiger partial charge in [-0.15, -0.1) is 0 Å². The van der Waals surface area contributed by atoms with Crippen LogP contribution >= 0.6 is 34.9 Å². The van der Waals surface area contributed by atoms with Crippen LogP contribution in [0, 0.1) is 0 Å². The first-order chi connectivity index (χ1) is 28.0. The van der Waals surface area contributed by atoms with Gasteiger partial charge in [-0.3, -0.25) is 9.69 Å². The van der Waals surface area contributed by atoms with Gasteiger partial charge in [0.05, 0.1) is 16.0 Å². The third-order valence-electron chi connectivity index (χ3n) is 11.4. The standard InChI is InChI=1S/C23H29N3O2S2.C21H21ClN4OS/c1-24(2)30(27,28)18-10-11-23-21(17-18)19(20-7-4-5-9-22(20)29-23)8-6-12-26-15-13-25(3)14-16-26;22-17-13-18-15(12-20(27)23-18)11-14(17)5-6-25-7-9-26(10-8-25)21-16-3-1-2-4-19(16)28-24-21/h4-5,7-11,17H,6,12-16H2,1-3H3;1-4,11,13H,5-10,12H2,(H,23,27)/b19-8-;. The zero-order valence-corrected chi connectivity index (χ0v) is 36.5. The van der Waals surface area contributed by atoms with Crippen LogP contribution in [0.2, 0.25) is 5.02 Å². The van der Waals surface area contributed by atoms with Crippen molar-refractivity contribution < 1.29 is 13.2 Å². The Bertz CT molecular complexity index is 2440. The Morgan fingerprint density at radius 2 is 1.55 bits per heavy atom. The van der Waals surface area contributed by atoms with E-state index in [1.807, 2.05) is 18.2 Å². The molecule has 5 heterocycles. The van der Waals surface area contributed by atoms with Crippen molar-refractivity contribution in [1.29, 1.82) is 0 Å². The third-order valence-corrected chi connectivity index (χ3v) is 15.6. The third kappa shape index (κ3) is 9.02. The summed E-state index contributed by atoms with van der Waals surface area (Å²) >= 11 is 9.72. The van der Waals surface area contributed by atoms with Crippen molar-refractivity contribution in [2.45, 2.75) is 33.9 Å². The number of amides is 1. The maximum atomic E-state index is 12.7. The normalized spacial score (nSPS) is 18.2. The molecule has 58 heavy (non-hydrogen) atoms. The molecule has 5 aromatic rings. The van der Waals surface area contributed by atoms with Gasteiger partial charge >= 0.3 is 0 Å². The molecule has 10 nitrogen and oxygen atoms in total. The number of sulfonamides is 1. The summed E-state index contributed by atoms with van der Waals surface area (Å²) in [4.78, 5) is 24.0. The molecule has 0 spiro atoms. The Morgan fingerprint density at radius 3 is 2.34 bits per heavy atom. The minimum atomic E-state index is -3.47. The highest BCUT2D eigenvalue weighted by Gasteiger charge is 2.26. The van der Waals surface area contributed by atoms with Crippen molar-refractivity contribution in [2.75, 3.05) is 96.8 Å². The first-order valence-electron chi connectivity index (χ1n) is 19.9. The summed E-state index contributed by atoms with van der Waals surface area (Å²) < 4.78 is 32.6. The SMILES string of the molecule is CN1CCN(CC/C=C2/c3ccccc3Sc3ccc(S(=O)(=O)N(C)C)cc32)CC1.O=C1Cc2cc(CCN3CCN(c4nsc5ccccc45)CC3)c(Cl)cc2N1. The molecule has 2 fully saturated rings. The highest BCUT2D eigenvalue weighted by atomic mass is 35.5. The smallest absolute Gasteiger partial charge is 0.242 e. The molecular weight excluding hydrogens is 806 g/mol. The fourth-order valence-electron chi connectivity index (χ4n) is 7.96. The van der Waals surface area contributed by atoms with Crippen molar-refractivity contribution in [3.8, 4) is 0 Å². The van der Waals surface area contributed by atoms with E-state index in [9.17, 15) is 13.2 Å². The summed E-state index contributed by atoms with van der Waals surface area (Å²) in [7, 11) is 1.85. The minimum Gasteiger partial charge on any atom is -0.353 e. The highest BCUT2D eigenvalue weighted by Crippen LogP contribution is 2.46. The zero-order valence-electron chi connectivity index (χ0n) is 33.3. The Hall–Kier alpha value is -3.79. The van der Waals surface area contributed by atoms with Crippen LogP contribution in [0.25, 0.3) is 15.7 Å². The second-order valence-electron chi connectivity index (χ2n) is 15.5. The molecule has 0 unspecified atom stereocenters. The predicted molar refractivity (Wildman–Crippen MR) is 239 cm³/mol. The molecule has 0 atom stereocenters. The van der Waals surface area contributed by atoms with Gasteiger partial charge in [0, 0.05) is 105 Å². The average Bonchev–Trinajstić information content (AvgIpc) is 3.83. The fraction of sp³-hybridized carbons (Fsp3) is 0.364. The molecule has 1 N–H and O–H groups in total. The highest BCUT2D eigenvalue weighted by molar-refractivity contribution is 7.99. The molecule has 4 aliphatic heterocycles. The second kappa shape index (κ2) is 17.8. The number of benzene rings is 4. The minimum absolute atomic E-state index is 0.0499. The van der Waals surface area contributed by atoms with E-state index in [0.717, 1.165) is 122 Å². The molecule has 0 radical (unpaired) electrons. The molecule has 14 heteroatoms. The first-order valence-corrected chi connectivity index (χ1v) is 23.3. The lowest BCUT2D eigenvalue weighted by molar-refractivity contribution is -0.115. The van der Waals surface area contributed by atoms with E-state index >= 15 is 0 Å². The van der Waals surface area contributed by atoms with E-state index in [1.54, 1.807) is 43.5 Å². The number of carbonyl (C=O) groups excluding carboxylic acids is 1. The average molecular weight is 857 g/mol. The summed E-state index contributed by atoms with van der Waals surface area (Å²) in [6.07, 6.45) is 4.60. The monoisotopic (exact) mass is 855 g/mol. The lowest BCUT2D eigenvalue weighted by Gasteiger charge is -2.35. The fourth-order valence-corrected chi connectivity index (χ4v) is 11.0. The second-order valence-corrected chi connectivity index (χ2v) is 19.9. The Labute approximate surface area is 355 Å². The first kappa shape index (κ1) is 41.0. The molecule has 1 aromatic heterocycles. The molecule has 9 rings (SSSR count). The van der Waals surface area contributed by atoms with Gasteiger partial charge in [0.15, 0.2) is 0 Å². The molecule has 2 saturated heterocycles. The molecule has 0 bridgehead atoms. The summed E-state index contributed by atoms with van der Waals surface area (Å²) in [5.74, 6) is 1.17. The van der Waals surface area contributed by atoms with Crippen LogP contribution in [-0.4, -0.2) is 124 Å². The topological polar surface area (TPSA) is 92.3 Å². The van der Waals surface area contributed by atoms with Crippen molar-refractivity contribution in [1.82, 2.24) is 23.4 Å². The number of anilines is 2. The largest absolute Gasteiger partial charge is 0.353 e. The summed E-state index contributed by atoms with van der Waals surface area (Å²) in [5, 5.41) is 4.86. The number of hydrogen-bond donors (Lipinski definition) is 1. The van der Waals surface area contributed by atoms with Crippen LogP contribution in [0.15, 0.2) is 99.6 Å². The quantitative estimate of drug-likeness (QED) is 0.161. The van der Waals surface area contributed by atoms with Crippen LogP contribution < -0.4 is 10.2 Å². The molecule has 4 aliphatic rings. The van der Waals surface area contributed by atoms with E-state index in [0.29, 0.717) is 11.3 Å². The summed E-state index contributed by atoms with van der Waals surface area (Å²) in [6.45, 7) is 10.5. The van der Waals surface area contributed by atoms with Gasteiger partial charge in [-0.25, -0.2) is 12.7 Å². The number of rotatable bonds is 9. The van der Waals surface area contributed by atoms with Crippen molar-refractivity contribution in [3.05, 3.63) is 112 Å². The summed E-state index contributed by atoms with van der Waals surface area (Å²) in [5.41, 5.74) is 6.40. The number of halogens is 1. The number of likely N-dealkylation sites (N-methyl/N-ethyl adjacent to an activating group) is 1. The number of piperazine rings is 2. The Morgan fingerprint density at radius 1 is 0.845 bits per heavy atom. The molecule has 1 amide bonds. The van der Waals surface area contributed by atoms with Crippen LogP contribution in [0.3, 0.4) is 0 Å². The molecular formula is C44H50ClN7O3S3. The number of hydrogen-bond acceptors (Lipinski definition) is 10. The number of fused-ring (bicyclic) bond motifs is 4. The lowest BCUT2D eigenvalue weighted by Crippen LogP contribution is -2.47. The zero-order chi connectivity index (χ0) is 40.4. The predicted octanol–water partition coefficient (Wildman–Crippen LogP) is 7.28. The van der Waals surface area contributed by atoms with E-state index in [1.165, 1.54) is 24.9 Å². The number of aromatic nitrogens is 1. The van der Waals surface area contributed by atoms with Gasteiger partial charge in [-0.2, -0.15) is 4.37 Å². The van der Waals surface area contributed by atoms with Crippen LogP contribution in [0.5, 0.6) is 0 Å². The van der Waals surface area contributed by atoms with Crippen molar-refractivity contribution >= 4 is 78.0 Å². The van der Waals surface area contributed by atoms with Gasteiger partial charge in [-0.1, -0.05) is 65.8 Å². The van der Waals surface area contributed by atoms with E-state index in [2.05, 4.69) is 97.0 Å². The van der Waals surface area contributed by atoms with Gasteiger partial charge in [0.25, 0.3) is 0 Å². The lowest BCUT2D eigenvalue weighted by atomic mass is 9.96. The summed E-state index contributed by atoms with van der Waals surface area (Å²) in [6, 6.07) is 26.3. The van der Waals surface area contributed by atoms with Crippen LogP contribution in [-0.2, 0) is 27.7 Å². The van der Waals surface area contributed by atoms with Crippen molar-refractivity contribution in [3.63, 3.8) is 0 Å². The van der Waals surface area contributed by atoms with E-state index < -0.39 is 10.0 Å². The number of nitrogens with one attached hydrogen (secondary N) is 1. The maximum Gasteiger partial charge on any atom is 0.242 e. The van der Waals surface area contributed by atoms with Crippen LogP contribution in [0.4, 0.5) is 11.5 Å². The van der Waals surface area contributed by atoms with Gasteiger partial charge in [0.2, 0.25) is 15.9 Å².